The molecule has 1 saturated heterocycles. The fourth-order valence-electron chi connectivity index (χ4n) is 4.02. The van der Waals surface area contributed by atoms with Crippen LogP contribution in [0, 0.1) is 0 Å². The molecule has 0 aliphatic carbocycles. The Morgan fingerprint density at radius 1 is 1.00 bits per heavy atom. The lowest BCUT2D eigenvalue weighted by Crippen LogP contribution is -2.40. The van der Waals surface area contributed by atoms with Gasteiger partial charge in [0.2, 0.25) is 5.91 Å². The largest absolute Gasteiger partial charge is 0.497 e. The van der Waals surface area contributed by atoms with Crippen LogP contribution in [0.4, 0.5) is 0 Å². The Labute approximate surface area is 199 Å². The minimum atomic E-state index is -0.320. The standard InChI is InChI=1S/C27H29N3O4/c1-33-24-9-5-8-22(16-24)20-34-25-17-29(15-12-21-6-3-2-4-7-21)26(31)19-30(18-25)27(32)23-10-13-28-14-11-23/h2-11,13-14,16,25H,12,15,17-20H2,1H3/t25-/m0/s1. The van der Waals surface area contributed by atoms with Crippen LogP contribution in [0.2, 0.25) is 0 Å². The lowest BCUT2D eigenvalue weighted by atomic mass is 10.1. The van der Waals surface area contributed by atoms with E-state index in [1.807, 2.05) is 47.4 Å². The second-order valence-corrected chi connectivity index (χ2v) is 8.28. The molecular formula is C27H29N3O4. The number of aromatic nitrogens is 1. The maximum Gasteiger partial charge on any atom is 0.254 e. The highest BCUT2D eigenvalue weighted by molar-refractivity contribution is 5.96. The Morgan fingerprint density at radius 3 is 2.53 bits per heavy atom. The van der Waals surface area contributed by atoms with Gasteiger partial charge in [0, 0.05) is 37.6 Å². The maximum atomic E-state index is 13.1. The molecule has 0 radical (unpaired) electrons. The minimum absolute atomic E-state index is 0.0228. The number of hydrogen-bond donors (Lipinski definition) is 0. The van der Waals surface area contributed by atoms with Gasteiger partial charge in [-0.3, -0.25) is 14.6 Å². The molecule has 1 aromatic heterocycles. The molecule has 2 amide bonds. The van der Waals surface area contributed by atoms with E-state index in [0.717, 1.165) is 23.3 Å². The molecule has 34 heavy (non-hydrogen) atoms. The normalized spacial score (nSPS) is 16.3. The van der Waals surface area contributed by atoms with E-state index in [4.69, 9.17) is 9.47 Å². The molecule has 176 valence electrons. The maximum absolute atomic E-state index is 13.1. The Morgan fingerprint density at radius 2 is 1.76 bits per heavy atom. The SMILES string of the molecule is COc1cccc(CO[C@H]2CN(CCc3ccccc3)C(=O)CN(C(=O)c3ccncc3)C2)c1. The van der Waals surface area contributed by atoms with Crippen molar-refractivity contribution in [3.8, 4) is 5.75 Å². The monoisotopic (exact) mass is 459 g/mol. The number of methoxy groups -OCH3 is 1. The number of nitrogens with zero attached hydrogens (tertiary/aromatic N) is 3. The number of rotatable bonds is 8. The summed E-state index contributed by atoms with van der Waals surface area (Å²) in [5.41, 5.74) is 2.64. The Balaban J connectivity index is 1.49. The molecule has 0 unspecified atom stereocenters. The molecule has 4 rings (SSSR count). The van der Waals surface area contributed by atoms with Crippen molar-refractivity contribution in [1.29, 1.82) is 0 Å². The Hall–Kier alpha value is -3.71. The van der Waals surface area contributed by atoms with Crippen molar-refractivity contribution >= 4 is 11.8 Å². The van der Waals surface area contributed by atoms with Crippen molar-refractivity contribution < 1.29 is 19.1 Å². The number of carbonyl (C=O) groups is 2. The molecule has 2 heterocycles. The molecule has 0 saturated carbocycles. The summed E-state index contributed by atoms with van der Waals surface area (Å²) < 4.78 is 11.5. The number of pyridine rings is 1. The summed E-state index contributed by atoms with van der Waals surface area (Å²) in [7, 11) is 1.63. The summed E-state index contributed by atoms with van der Waals surface area (Å²) in [5.74, 6) is 0.484. The van der Waals surface area contributed by atoms with Crippen molar-refractivity contribution in [2.45, 2.75) is 19.1 Å². The third-order valence-electron chi connectivity index (χ3n) is 5.87. The van der Waals surface area contributed by atoms with E-state index in [1.165, 1.54) is 0 Å². The van der Waals surface area contributed by atoms with Crippen molar-refractivity contribution in [3.63, 3.8) is 0 Å². The highest BCUT2D eigenvalue weighted by Gasteiger charge is 2.31. The van der Waals surface area contributed by atoms with Gasteiger partial charge in [0.1, 0.15) is 12.3 Å². The number of benzene rings is 2. The molecule has 0 spiro atoms. The van der Waals surface area contributed by atoms with Gasteiger partial charge in [-0.2, -0.15) is 0 Å². The summed E-state index contributed by atoms with van der Waals surface area (Å²) in [6.07, 6.45) is 3.58. The second kappa shape index (κ2) is 11.4. The topological polar surface area (TPSA) is 72.0 Å². The van der Waals surface area contributed by atoms with Gasteiger partial charge in [0.25, 0.3) is 5.91 Å². The predicted octanol–water partition coefficient (Wildman–Crippen LogP) is 3.20. The first-order valence-electron chi connectivity index (χ1n) is 11.4. The summed E-state index contributed by atoms with van der Waals surface area (Å²) in [4.78, 5) is 33.6. The first kappa shape index (κ1) is 23.4. The lowest BCUT2D eigenvalue weighted by Gasteiger charge is -2.25. The Bertz CT molecular complexity index is 1090. The molecule has 1 aliphatic heterocycles. The average Bonchev–Trinajstić information content (AvgIpc) is 3.05. The Kier molecular flexibility index (Phi) is 7.88. The highest BCUT2D eigenvalue weighted by Crippen LogP contribution is 2.17. The molecule has 0 bridgehead atoms. The van der Waals surface area contributed by atoms with Crippen molar-refractivity contribution in [2.75, 3.05) is 33.3 Å². The molecule has 2 aromatic carbocycles. The van der Waals surface area contributed by atoms with E-state index in [1.54, 1.807) is 36.5 Å². The number of hydrogen-bond acceptors (Lipinski definition) is 5. The molecule has 1 atom stereocenters. The van der Waals surface area contributed by atoms with Crippen LogP contribution >= 0.6 is 0 Å². The minimum Gasteiger partial charge on any atom is -0.497 e. The van der Waals surface area contributed by atoms with Crippen LogP contribution < -0.4 is 4.74 Å². The van der Waals surface area contributed by atoms with Gasteiger partial charge in [-0.15, -0.1) is 0 Å². The van der Waals surface area contributed by atoms with Crippen LogP contribution in [-0.2, 0) is 22.6 Å². The quantitative estimate of drug-likeness (QED) is 0.517. The summed E-state index contributed by atoms with van der Waals surface area (Å²) in [5, 5.41) is 0. The van der Waals surface area contributed by atoms with Crippen LogP contribution in [0.25, 0.3) is 0 Å². The number of amides is 2. The lowest BCUT2D eigenvalue weighted by molar-refractivity contribution is -0.131. The van der Waals surface area contributed by atoms with E-state index >= 15 is 0 Å². The molecule has 1 fully saturated rings. The van der Waals surface area contributed by atoms with Gasteiger partial charge in [-0.05, 0) is 41.8 Å². The summed E-state index contributed by atoms with van der Waals surface area (Å²) in [6, 6.07) is 21.1. The van der Waals surface area contributed by atoms with Gasteiger partial charge < -0.3 is 19.3 Å². The van der Waals surface area contributed by atoms with Crippen molar-refractivity contribution in [3.05, 3.63) is 95.8 Å². The molecular weight excluding hydrogens is 430 g/mol. The zero-order valence-corrected chi connectivity index (χ0v) is 19.3. The first-order valence-corrected chi connectivity index (χ1v) is 11.4. The zero-order chi connectivity index (χ0) is 23.8. The molecule has 3 aromatic rings. The molecule has 7 nitrogen and oxygen atoms in total. The van der Waals surface area contributed by atoms with Crippen LogP contribution in [0.5, 0.6) is 5.75 Å². The number of carbonyl (C=O) groups excluding carboxylic acids is 2. The van der Waals surface area contributed by atoms with Crippen molar-refractivity contribution in [2.24, 2.45) is 0 Å². The van der Waals surface area contributed by atoms with Gasteiger partial charge in [-0.25, -0.2) is 0 Å². The van der Waals surface area contributed by atoms with Crippen LogP contribution in [0.15, 0.2) is 79.1 Å². The predicted molar refractivity (Wildman–Crippen MR) is 128 cm³/mol. The smallest absolute Gasteiger partial charge is 0.254 e. The molecule has 1 aliphatic rings. The van der Waals surface area contributed by atoms with E-state index < -0.39 is 0 Å². The fraction of sp³-hybridized carbons (Fsp3) is 0.296. The van der Waals surface area contributed by atoms with Crippen molar-refractivity contribution in [1.82, 2.24) is 14.8 Å². The van der Waals surface area contributed by atoms with E-state index in [0.29, 0.717) is 31.8 Å². The van der Waals surface area contributed by atoms with Gasteiger partial charge in [-0.1, -0.05) is 42.5 Å². The van der Waals surface area contributed by atoms with E-state index in [-0.39, 0.29) is 24.5 Å². The zero-order valence-electron chi connectivity index (χ0n) is 19.3. The summed E-state index contributed by atoms with van der Waals surface area (Å²) >= 11 is 0. The van der Waals surface area contributed by atoms with Crippen LogP contribution in [0.1, 0.15) is 21.5 Å². The molecule has 7 heteroatoms. The summed E-state index contributed by atoms with van der Waals surface area (Å²) in [6.45, 7) is 1.71. The van der Waals surface area contributed by atoms with Gasteiger partial charge in [0.15, 0.2) is 0 Å². The van der Waals surface area contributed by atoms with Crippen LogP contribution in [-0.4, -0.2) is 66.0 Å². The second-order valence-electron chi connectivity index (χ2n) is 8.28. The number of ether oxygens (including phenoxy) is 2. The average molecular weight is 460 g/mol. The first-order chi connectivity index (χ1) is 16.6. The third-order valence-corrected chi connectivity index (χ3v) is 5.87. The van der Waals surface area contributed by atoms with Crippen LogP contribution in [0.3, 0.4) is 0 Å². The highest BCUT2D eigenvalue weighted by atomic mass is 16.5. The van der Waals surface area contributed by atoms with E-state index in [2.05, 4.69) is 17.1 Å². The third kappa shape index (κ3) is 6.20. The van der Waals surface area contributed by atoms with Gasteiger partial charge >= 0.3 is 0 Å². The molecule has 0 N–H and O–H groups in total. The fourth-order valence-corrected chi connectivity index (χ4v) is 4.02. The van der Waals surface area contributed by atoms with E-state index in [9.17, 15) is 9.59 Å². The van der Waals surface area contributed by atoms with Gasteiger partial charge in [0.05, 0.1) is 19.8 Å².